The minimum atomic E-state index is -1.45. The van der Waals surface area contributed by atoms with Crippen molar-refractivity contribution in [2.75, 3.05) is 24.3 Å². The number of ether oxygens (including phenoxy) is 1. The monoisotopic (exact) mass is 398 g/mol. The second kappa shape index (κ2) is 8.35. The maximum atomic E-state index is 12.5. The van der Waals surface area contributed by atoms with Crippen LogP contribution in [-0.4, -0.2) is 83.7 Å². The summed E-state index contributed by atoms with van der Waals surface area (Å²) in [6.07, 6.45) is -0.118. The number of fused-ring (bicyclic) bond motifs is 1. The summed E-state index contributed by atoms with van der Waals surface area (Å²) in [5.74, 6) is 0.316. The minimum absolute atomic E-state index is 0.167. The quantitative estimate of drug-likeness (QED) is 0.361. The molecule has 0 saturated carbocycles. The molecule has 5 atom stereocenters. The molecule has 2 aromatic rings. The number of carbonyl (C=O) groups excluding carboxylic acids is 1. The number of rotatable bonds is 7. The Hall–Kier alpha value is -1.99. The van der Waals surface area contributed by atoms with E-state index >= 15 is 0 Å². The van der Waals surface area contributed by atoms with Crippen LogP contribution < -0.4 is 11.1 Å². The summed E-state index contributed by atoms with van der Waals surface area (Å²) in [4.78, 5) is 24.5. The van der Waals surface area contributed by atoms with Gasteiger partial charge in [-0.1, -0.05) is 0 Å². The van der Waals surface area contributed by atoms with Crippen LogP contribution in [0.5, 0.6) is 0 Å². The lowest BCUT2D eigenvalue weighted by Gasteiger charge is -2.20. The molecule has 1 saturated heterocycles. The molecule has 1 fully saturated rings. The first-order chi connectivity index (χ1) is 13.0. The van der Waals surface area contributed by atoms with Crippen LogP contribution in [0.2, 0.25) is 0 Å². The summed E-state index contributed by atoms with van der Waals surface area (Å²) >= 11 is 1.59. The van der Waals surface area contributed by atoms with Crippen LogP contribution >= 0.6 is 11.8 Å². The van der Waals surface area contributed by atoms with E-state index in [0.29, 0.717) is 17.6 Å². The molecule has 0 spiro atoms. The Kier molecular flexibility index (Phi) is 6.11. The Bertz CT molecular complexity index is 804. The van der Waals surface area contributed by atoms with Crippen LogP contribution in [0.25, 0.3) is 11.2 Å². The van der Waals surface area contributed by atoms with E-state index in [0.717, 1.165) is 5.75 Å². The molecule has 12 heteroatoms. The first-order valence-corrected chi connectivity index (χ1v) is 9.72. The summed E-state index contributed by atoms with van der Waals surface area (Å²) in [7, 11) is 0. The Morgan fingerprint density at radius 1 is 1.41 bits per heavy atom. The van der Waals surface area contributed by atoms with Crippen molar-refractivity contribution in [3.63, 3.8) is 0 Å². The molecule has 2 aromatic heterocycles. The smallest absolute Gasteiger partial charge is 0.252 e. The number of hydrogen-bond acceptors (Lipinski definition) is 10. The number of amides is 1. The van der Waals surface area contributed by atoms with Gasteiger partial charge in [0.15, 0.2) is 23.8 Å². The highest BCUT2D eigenvalue weighted by Crippen LogP contribution is 2.32. The molecule has 0 bridgehead atoms. The van der Waals surface area contributed by atoms with Gasteiger partial charge in [-0.05, 0) is 18.4 Å². The number of nitrogens with zero attached hydrogens (tertiary/aromatic N) is 4. The molecule has 0 unspecified atom stereocenters. The topological polar surface area (TPSA) is 169 Å². The number of nitrogens with two attached hydrogens (primary N) is 1. The lowest BCUT2D eigenvalue weighted by Crippen LogP contribution is -2.47. The molecule has 148 valence electrons. The van der Waals surface area contributed by atoms with Gasteiger partial charge in [0.25, 0.3) is 5.91 Å². The van der Waals surface area contributed by atoms with Crippen molar-refractivity contribution in [3.05, 3.63) is 12.7 Å². The number of nitrogens with one attached hydrogen (secondary N) is 1. The standard InChI is InChI=1S/C15H22N6O5S/c1-27-3-2-7(4-22)20-14(25)11-9(23)10(24)15(26-11)21-6-19-8-12(16)17-5-18-13(8)21/h5-7,9-11,15,22-24H,2-4H2,1H3,(H,20,25)(H2,16,17,18)/t7-,9+,10-,11+,15-/m1/s1. The van der Waals surface area contributed by atoms with Crippen molar-refractivity contribution in [1.82, 2.24) is 24.8 Å². The maximum Gasteiger partial charge on any atom is 0.252 e. The zero-order valence-corrected chi connectivity index (χ0v) is 15.4. The van der Waals surface area contributed by atoms with Crippen molar-refractivity contribution in [2.24, 2.45) is 0 Å². The SMILES string of the molecule is CSCC[C@H](CO)NC(=O)[C@H]1O[C@@H](n2cnc3c(N)ncnc32)[C@H](O)[C@@H]1O. The lowest BCUT2D eigenvalue weighted by atomic mass is 10.1. The van der Waals surface area contributed by atoms with Crippen LogP contribution in [0, 0.1) is 0 Å². The van der Waals surface area contributed by atoms with E-state index in [1.807, 2.05) is 6.26 Å². The fraction of sp³-hybridized carbons (Fsp3) is 0.600. The fourth-order valence-corrected chi connectivity index (χ4v) is 3.43. The van der Waals surface area contributed by atoms with Crippen LogP contribution in [0.1, 0.15) is 12.6 Å². The fourth-order valence-electron chi connectivity index (χ4n) is 2.91. The normalized spacial score (nSPS) is 26.4. The number of aliphatic hydroxyl groups is 3. The van der Waals surface area contributed by atoms with E-state index in [-0.39, 0.29) is 12.4 Å². The first kappa shape index (κ1) is 19.8. The van der Waals surface area contributed by atoms with Crippen molar-refractivity contribution in [2.45, 2.75) is 37.0 Å². The molecular formula is C15H22N6O5S. The molecule has 1 amide bonds. The number of carbonyl (C=O) groups is 1. The highest BCUT2D eigenvalue weighted by molar-refractivity contribution is 7.98. The number of anilines is 1. The molecule has 0 radical (unpaired) electrons. The highest BCUT2D eigenvalue weighted by atomic mass is 32.2. The lowest BCUT2D eigenvalue weighted by molar-refractivity contribution is -0.138. The number of aliphatic hydroxyl groups excluding tert-OH is 3. The third kappa shape index (κ3) is 3.84. The number of nitrogen functional groups attached to an aromatic ring is 1. The third-order valence-corrected chi connectivity index (χ3v) is 5.04. The van der Waals surface area contributed by atoms with Gasteiger partial charge in [-0.15, -0.1) is 0 Å². The van der Waals surface area contributed by atoms with E-state index in [1.165, 1.54) is 17.2 Å². The Morgan fingerprint density at radius 2 is 2.19 bits per heavy atom. The van der Waals surface area contributed by atoms with Gasteiger partial charge in [0.2, 0.25) is 0 Å². The molecule has 6 N–H and O–H groups in total. The van der Waals surface area contributed by atoms with Crippen molar-refractivity contribution >= 4 is 34.7 Å². The number of imidazole rings is 1. The van der Waals surface area contributed by atoms with Crippen LogP contribution in [0.15, 0.2) is 12.7 Å². The Labute approximate surface area is 159 Å². The number of thioether (sulfide) groups is 1. The second-order valence-corrected chi connectivity index (χ2v) is 7.17. The summed E-state index contributed by atoms with van der Waals surface area (Å²) in [6.45, 7) is -0.233. The average molecular weight is 398 g/mol. The van der Waals surface area contributed by atoms with Gasteiger partial charge in [0.05, 0.1) is 19.0 Å². The molecule has 27 heavy (non-hydrogen) atoms. The van der Waals surface area contributed by atoms with E-state index in [4.69, 9.17) is 10.5 Å². The van der Waals surface area contributed by atoms with E-state index in [1.54, 1.807) is 11.8 Å². The Balaban J connectivity index is 1.77. The van der Waals surface area contributed by atoms with Gasteiger partial charge in [-0.25, -0.2) is 15.0 Å². The summed E-state index contributed by atoms with van der Waals surface area (Å²) in [6, 6.07) is -0.460. The molecule has 0 aliphatic carbocycles. The number of hydrogen-bond donors (Lipinski definition) is 5. The number of aromatic nitrogens is 4. The van der Waals surface area contributed by atoms with Crippen molar-refractivity contribution in [3.8, 4) is 0 Å². The maximum absolute atomic E-state index is 12.5. The average Bonchev–Trinajstić information content (AvgIpc) is 3.21. The van der Waals surface area contributed by atoms with Gasteiger partial charge in [0.1, 0.15) is 24.1 Å². The van der Waals surface area contributed by atoms with E-state index in [9.17, 15) is 20.1 Å². The Morgan fingerprint density at radius 3 is 2.89 bits per heavy atom. The van der Waals surface area contributed by atoms with Gasteiger partial charge < -0.3 is 31.1 Å². The molecule has 0 aromatic carbocycles. The van der Waals surface area contributed by atoms with Gasteiger partial charge in [0, 0.05) is 0 Å². The zero-order valence-electron chi connectivity index (χ0n) is 14.6. The van der Waals surface area contributed by atoms with Crippen molar-refractivity contribution in [1.29, 1.82) is 0 Å². The summed E-state index contributed by atoms with van der Waals surface area (Å²) < 4.78 is 7.01. The van der Waals surface area contributed by atoms with Gasteiger partial charge in [-0.3, -0.25) is 9.36 Å². The summed E-state index contributed by atoms with van der Waals surface area (Å²) in [5, 5.41) is 32.7. The van der Waals surface area contributed by atoms with Crippen molar-refractivity contribution < 1.29 is 24.9 Å². The molecule has 1 aliphatic rings. The van der Waals surface area contributed by atoms with Crippen LogP contribution in [0.4, 0.5) is 5.82 Å². The molecule has 3 rings (SSSR count). The zero-order chi connectivity index (χ0) is 19.6. The molecule has 3 heterocycles. The van der Waals surface area contributed by atoms with E-state index in [2.05, 4.69) is 20.3 Å². The second-order valence-electron chi connectivity index (χ2n) is 6.18. The van der Waals surface area contributed by atoms with Crippen LogP contribution in [-0.2, 0) is 9.53 Å². The first-order valence-electron chi connectivity index (χ1n) is 8.32. The predicted octanol–water partition coefficient (Wildman–Crippen LogP) is -1.74. The molecule has 11 nitrogen and oxygen atoms in total. The minimum Gasteiger partial charge on any atom is -0.394 e. The van der Waals surface area contributed by atoms with Gasteiger partial charge >= 0.3 is 0 Å². The van der Waals surface area contributed by atoms with Gasteiger partial charge in [-0.2, -0.15) is 11.8 Å². The largest absolute Gasteiger partial charge is 0.394 e. The van der Waals surface area contributed by atoms with Crippen LogP contribution in [0.3, 0.4) is 0 Å². The highest BCUT2D eigenvalue weighted by Gasteiger charge is 2.48. The summed E-state index contributed by atoms with van der Waals surface area (Å²) in [5.41, 5.74) is 6.39. The van der Waals surface area contributed by atoms with E-state index < -0.39 is 36.5 Å². The predicted molar refractivity (Wildman–Crippen MR) is 97.7 cm³/mol. The molecular weight excluding hydrogens is 376 g/mol. The molecule has 1 aliphatic heterocycles. The third-order valence-electron chi connectivity index (χ3n) is 4.40.